The van der Waals surface area contributed by atoms with E-state index in [1.54, 1.807) is 56.7 Å². The lowest BCUT2D eigenvalue weighted by Crippen LogP contribution is -2.37. The van der Waals surface area contributed by atoms with E-state index in [2.05, 4.69) is 5.32 Å². The van der Waals surface area contributed by atoms with E-state index in [1.165, 1.54) is 0 Å². The lowest BCUT2D eigenvalue weighted by molar-refractivity contribution is -0.122. The number of hydrogen-bond acceptors (Lipinski definition) is 6. The second-order valence-corrected chi connectivity index (χ2v) is 7.08. The first kappa shape index (κ1) is 20.5. The van der Waals surface area contributed by atoms with Gasteiger partial charge in [0.15, 0.2) is 0 Å². The molecule has 3 amide bonds. The van der Waals surface area contributed by atoms with E-state index in [9.17, 15) is 14.4 Å². The molecule has 1 fully saturated rings. The van der Waals surface area contributed by atoms with Crippen LogP contribution in [0.5, 0.6) is 11.5 Å². The summed E-state index contributed by atoms with van der Waals surface area (Å²) < 4.78 is 10.2. The summed E-state index contributed by atoms with van der Waals surface area (Å²) >= 11 is 0.887. The largest absolute Gasteiger partial charge is 0.497 e. The molecule has 0 saturated carbocycles. The van der Waals surface area contributed by atoms with Gasteiger partial charge in [-0.1, -0.05) is 12.1 Å². The summed E-state index contributed by atoms with van der Waals surface area (Å²) in [5.74, 6) is 0.716. The summed E-state index contributed by atoms with van der Waals surface area (Å²) in [5, 5.41) is 2.36. The Balaban J connectivity index is 1.56. The zero-order valence-electron chi connectivity index (χ0n) is 16.0. The van der Waals surface area contributed by atoms with Gasteiger partial charge in [-0.2, -0.15) is 0 Å². The van der Waals surface area contributed by atoms with Gasteiger partial charge in [0, 0.05) is 18.7 Å². The number of thioether (sulfide) groups is 1. The van der Waals surface area contributed by atoms with Crippen molar-refractivity contribution in [3.05, 3.63) is 64.6 Å². The molecule has 1 heterocycles. The van der Waals surface area contributed by atoms with Gasteiger partial charge in [-0.05, 0) is 59.8 Å². The predicted octanol–water partition coefficient (Wildman–Crippen LogP) is 3.17. The number of carbonyl (C=O) groups excluding carboxylic acids is 3. The first-order valence-electron chi connectivity index (χ1n) is 8.83. The van der Waals surface area contributed by atoms with Crippen LogP contribution in [0.1, 0.15) is 15.9 Å². The number of benzene rings is 2. The highest BCUT2D eigenvalue weighted by molar-refractivity contribution is 8.18. The molecule has 1 aliphatic heterocycles. The van der Waals surface area contributed by atoms with Crippen LogP contribution in [0, 0.1) is 0 Å². The highest BCUT2D eigenvalue weighted by Gasteiger charge is 2.34. The maximum absolute atomic E-state index is 12.5. The number of nitrogens with zero attached hydrogens (tertiary/aromatic N) is 1. The molecule has 0 bridgehead atoms. The molecule has 1 saturated heterocycles. The lowest BCUT2D eigenvalue weighted by Gasteiger charge is -2.13. The monoisotopic (exact) mass is 412 g/mol. The lowest BCUT2D eigenvalue weighted by atomic mass is 10.2. The van der Waals surface area contributed by atoms with Crippen molar-refractivity contribution in [2.24, 2.45) is 0 Å². The average Bonchev–Trinajstić information content (AvgIpc) is 3.01. The molecule has 0 aromatic heterocycles. The zero-order valence-corrected chi connectivity index (χ0v) is 16.8. The number of rotatable bonds is 7. The number of ether oxygens (including phenoxy) is 2. The van der Waals surface area contributed by atoms with Gasteiger partial charge < -0.3 is 14.8 Å². The van der Waals surface area contributed by atoms with Gasteiger partial charge in [0.25, 0.3) is 17.1 Å². The topological polar surface area (TPSA) is 84.9 Å². The minimum atomic E-state index is -0.366. The summed E-state index contributed by atoms with van der Waals surface area (Å²) in [6.45, 7) is 0.269. The van der Waals surface area contributed by atoms with Crippen molar-refractivity contribution < 1.29 is 23.9 Å². The van der Waals surface area contributed by atoms with E-state index in [0.717, 1.165) is 22.2 Å². The Hall–Kier alpha value is -3.26. The van der Waals surface area contributed by atoms with Crippen molar-refractivity contribution in [3.8, 4) is 11.5 Å². The first-order chi connectivity index (χ1) is 14.0. The van der Waals surface area contributed by atoms with Crippen molar-refractivity contribution in [1.82, 2.24) is 10.2 Å². The van der Waals surface area contributed by atoms with Crippen LogP contribution < -0.4 is 14.8 Å². The van der Waals surface area contributed by atoms with Gasteiger partial charge in [0.05, 0.1) is 19.1 Å². The van der Waals surface area contributed by atoms with Crippen LogP contribution in [-0.4, -0.2) is 49.3 Å². The van der Waals surface area contributed by atoms with Gasteiger partial charge in [0.2, 0.25) is 0 Å². The third-order valence-corrected chi connectivity index (χ3v) is 5.17. The normalized spacial score (nSPS) is 15.0. The standard InChI is InChI=1S/C21H20N2O5S/c1-27-16-7-3-14(4-8-16)13-18-20(25)23(21(26)29-18)12-11-22-19(24)15-5-9-17(28-2)10-6-15/h3-10,13H,11-12H2,1-2H3,(H,22,24)/b18-13+. The maximum atomic E-state index is 12.5. The molecule has 8 heteroatoms. The third-order valence-electron chi connectivity index (χ3n) is 4.26. The molecular formula is C21H20N2O5S. The summed E-state index contributed by atoms with van der Waals surface area (Å²) in [4.78, 5) is 38.4. The van der Waals surface area contributed by atoms with Crippen LogP contribution >= 0.6 is 11.8 Å². The molecule has 0 spiro atoms. The Morgan fingerprint density at radius 3 is 2.17 bits per heavy atom. The number of amides is 3. The van der Waals surface area contributed by atoms with Crippen molar-refractivity contribution in [1.29, 1.82) is 0 Å². The molecule has 1 aliphatic rings. The van der Waals surface area contributed by atoms with Gasteiger partial charge in [-0.25, -0.2) is 0 Å². The molecule has 1 N–H and O–H groups in total. The molecule has 7 nitrogen and oxygen atoms in total. The second kappa shape index (κ2) is 9.29. The Morgan fingerprint density at radius 1 is 1.00 bits per heavy atom. The molecule has 0 atom stereocenters. The average molecular weight is 412 g/mol. The van der Waals surface area contributed by atoms with Crippen molar-refractivity contribution in [3.63, 3.8) is 0 Å². The molecule has 150 valence electrons. The van der Waals surface area contributed by atoms with Gasteiger partial charge in [-0.3, -0.25) is 19.3 Å². The SMILES string of the molecule is COc1ccc(/C=C2/SC(=O)N(CCNC(=O)c3ccc(OC)cc3)C2=O)cc1. The van der Waals surface area contributed by atoms with Crippen molar-refractivity contribution in [2.75, 3.05) is 27.3 Å². The number of imide groups is 1. The smallest absolute Gasteiger partial charge is 0.293 e. The van der Waals surface area contributed by atoms with Crippen LogP contribution in [0.2, 0.25) is 0 Å². The van der Waals surface area contributed by atoms with Crippen LogP contribution in [-0.2, 0) is 4.79 Å². The van der Waals surface area contributed by atoms with Crippen molar-refractivity contribution >= 4 is 34.9 Å². The van der Waals surface area contributed by atoms with Gasteiger partial charge in [0.1, 0.15) is 11.5 Å². The Bertz CT molecular complexity index is 939. The maximum Gasteiger partial charge on any atom is 0.293 e. The quantitative estimate of drug-likeness (QED) is 0.703. The summed E-state index contributed by atoms with van der Waals surface area (Å²) in [5.41, 5.74) is 1.27. The fraction of sp³-hybridized carbons (Fsp3) is 0.190. The van der Waals surface area contributed by atoms with E-state index in [1.807, 2.05) is 12.1 Å². The molecule has 2 aromatic carbocycles. The zero-order chi connectivity index (χ0) is 20.8. The predicted molar refractivity (Wildman–Crippen MR) is 111 cm³/mol. The summed E-state index contributed by atoms with van der Waals surface area (Å²) in [6, 6.07) is 13.8. The Kier molecular flexibility index (Phi) is 6.56. The van der Waals surface area contributed by atoms with Crippen LogP contribution in [0.3, 0.4) is 0 Å². The molecule has 3 rings (SSSR count). The Morgan fingerprint density at radius 2 is 1.59 bits per heavy atom. The van der Waals surface area contributed by atoms with E-state index >= 15 is 0 Å². The number of methoxy groups -OCH3 is 2. The third kappa shape index (κ3) is 4.97. The fourth-order valence-electron chi connectivity index (χ4n) is 2.67. The molecular weight excluding hydrogens is 392 g/mol. The molecule has 2 aromatic rings. The van der Waals surface area contributed by atoms with Crippen LogP contribution in [0.25, 0.3) is 6.08 Å². The number of nitrogens with one attached hydrogen (secondary N) is 1. The fourth-order valence-corrected chi connectivity index (χ4v) is 3.54. The Labute approximate surface area is 172 Å². The molecule has 29 heavy (non-hydrogen) atoms. The van der Waals surface area contributed by atoms with E-state index < -0.39 is 0 Å². The van der Waals surface area contributed by atoms with Crippen LogP contribution in [0.4, 0.5) is 4.79 Å². The minimum Gasteiger partial charge on any atom is -0.497 e. The number of carbonyl (C=O) groups is 3. The highest BCUT2D eigenvalue weighted by Crippen LogP contribution is 2.32. The van der Waals surface area contributed by atoms with Gasteiger partial charge in [-0.15, -0.1) is 0 Å². The molecule has 0 aliphatic carbocycles. The van der Waals surface area contributed by atoms with E-state index in [-0.39, 0.29) is 30.1 Å². The van der Waals surface area contributed by atoms with Gasteiger partial charge >= 0.3 is 0 Å². The first-order valence-corrected chi connectivity index (χ1v) is 9.65. The molecule has 0 unspecified atom stereocenters. The molecule has 0 radical (unpaired) electrons. The minimum absolute atomic E-state index is 0.104. The highest BCUT2D eigenvalue weighted by atomic mass is 32.2. The number of hydrogen-bond donors (Lipinski definition) is 1. The van der Waals surface area contributed by atoms with E-state index in [0.29, 0.717) is 22.0 Å². The van der Waals surface area contributed by atoms with Crippen LogP contribution in [0.15, 0.2) is 53.4 Å². The van der Waals surface area contributed by atoms with E-state index in [4.69, 9.17) is 9.47 Å². The second-order valence-electron chi connectivity index (χ2n) is 6.09. The van der Waals surface area contributed by atoms with Crippen molar-refractivity contribution in [2.45, 2.75) is 0 Å². The summed E-state index contributed by atoms with van der Waals surface area (Å²) in [6.07, 6.45) is 1.67. The summed E-state index contributed by atoms with van der Waals surface area (Å²) in [7, 11) is 3.13.